The fourth-order valence-electron chi connectivity index (χ4n) is 18.5. The summed E-state index contributed by atoms with van der Waals surface area (Å²) < 4.78 is 72.2. The molecule has 6 aromatic carbocycles. The highest BCUT2D eigenvalue weighted by Crippen LogP contribution is 2.43. The summed E-state index contributed by atoms with van der Waals surface area (Å²) in [6.07, 6.45) is 0.237. The number of hydrogen-bond donors (Lipinski definition) is 5. The normalized spacial score (nSPS) is 18.8. The summed E-state index contributed by atoms with van der Waals surface area (Å²) in [6, 6.07) is 22.4. The zero-order valence-electron chi connectivity index (χ0n) is 88.1. The molecule has 784 valence electrons. The van der Waals surface area contributed by atoms with Crippen molar-refractivity contribution in [3.05, 3.63) is 184 Å². The molecule has 6 aliphatic heterocycles. The van der Waals surface area contributed by atoms with E-state index >= 15 is 0 Å². The van der Waals surface area contributed by atoms with Gasteiger partial charge in [0.2, 0.25) is 29.5 Å². The molecule has 0 aliphatic carbocycles. The summed E-state index contributed by atoms with van der Waals surface area (Å²) in [5.74, 6) is -5.59. The first kappa shape index (κ1) is 117. The molecule has 27 nitrogen and oxygen atoms in total. The number of nitrogens with one attached hydrogen (secondary N) is 4. The van der Waals surface area contributed by atoms with Crippen molar-refractivity contribution in [2.24, 2.45) is 11.8 Å². The van der Waals surface area contributed by atoms with Gasteiger partial charge < -0.3 is 79.8 Å². The van der Waals surface area contributed by atoms with E-state index in [-0.39, 0.29) is 100 Å². The lowest BCUT2D eigenvalue weighted by molar-refractivity contribution is -0.145. The van der Waals surface area contributed by atoms with E-state index in [4.69, 9.17) is 60.6 Å². The van der Waals surface area contributed by atoms with Crippen molar-refractivity contribution in [1.29, 1.82) is 0 Å². The molecule has 0 spiro atoms. The van der Waals surface area contributed by atoms with Gasteiger partial charge in [-0.25, -0.2) is 31.9 Å². The van der Waals surface area contributed by atoms with Gasteiger partial charge >= 0.3 is 24.2 Å². The van der Waals surface area contributed by atoms with Crippen LogP contribution in [0.5, 0.6) is 0 Å². The number of hydrogen-bond acceptors (Lipinski definition) is 18. The van der Waals surface area contributed by atoms with Crippen LogP contribution in [0.4, 0.5) is 54.7 Å². The second-order valence-electron chi connectivity index (χ2n) is 42.9. The Morgan fingerprint density at radius 3 is 0.796 bits per heavy atom. The summed E-state index contributed by atoms with van der Waals surface area (Å²) >= 11 is 25.6. The van der Waals surface area contributed by atoms with Crippen molar-refractivity contribution in [3.8, 4) is 0 Å². The maximum Gasteiger partial charge on any atom is 0.410 e. The molecule has 35 heteroatoms. The summed E-state index contributed by atoms with van der Waals surface area (Å²) in [5, 5.41) is 23.9. The van der Waals surface area contributed by atoms with E-state index < -0.39 is 57.9 Å². The number of amides is 8. The molecule has 6 saturated heterocycles. The van der Waals surface area contributed by atoms with Crippen LogP contribution >= 0.6 is 46.4 Å². The van der Waals surface area contributed by atoms with Gasteiger partial charge in [-0.1, -0.05) is 82.8 Å². The summed E-state index contributed by atoms with van der Waals surface area (Å²) in [5.41, 5.74) is 10.8. The third-order valence-electron chi connectivity index (χ3n) is 26.0. The number of nitrogens with zero attached hydrogens (tertiary/aromatic N) is 10. The Hall–Kier alpha value is -10.1. The third kappa shape index (κ3) is 33.8. The highest BCUT2D eigenvalue weighted by molar-refractivity contribution is 6.32. The molecule has 2 unspecified atom stereocenters. The van der Waals surface area contributed by atoms with Gasteiger partial charge in [0, 0.05) is 229 Å². The number of carboxylic acid groups (broad SMARTS) is 1. The summed E-state index contributed by atoms with van der Waals surface area (Å²) in [7, 11) is 0. The van der Waals surface area contributed by atoms with Crippen LogP contribution in [0.3, 0.4) is 0 Å². The number of rotatable bonds is 16. The quantitative estimate of drug-likeness (QED) is 0.0445. The van der Waals surface area contributed by atoms with E-state index in [1.54, 1.807) is 14.7 Å². The average molecular weight is 2060 g/mol. The molecule has 6 fully saturated rings. The van der Waals surface area contributed by atoms with E-state index in [0.717, 1.165) is 85.9 Å². The van der Waals surface area contributed by atoms with E-state index in [1.165, 1.54) is 52.0 Å². The number of carbonyl (C=O) groups excluding carboxylic acids is 8. The molecule has 12 rings (SSSR count). The standard InChI is InChI=1S/C31H41ClF2N4O2.3C20H30ClN3O3.C16H21F2NO2/c1-19-15-25(20(2)35-21(3)39)29(17-27(19)32)36-11-13-37(14-12-36)30(40)24-9-10-38(31(4,5)6)18-26(24)23-8-7-22(33)16-28(23)34;3*1-13-11-16(14(2)22-15(3)25)18(12-17(13)21)23-7-9-24(10-8-23)19(26)27-20(4,5)6;1-16(2,3)19-7-6-12(15(20)21)13(9-19)11-5-4-10(17)8-14(11)18/h7-8,15-17,20,24,26H,9-14,18H2,1-6H3,(H,35,39);3*11-12,14H,7-10H2,1-6H3,(H,22,25);4-5,8,12-13H,6-7,9H2,1-3H3,(H,20,21)/t20?,24-,26+;2*14-;;12-,13+/m110.1/s1. The maximum absolute atomic E-state index is 15.0. The fraction of sp³-hybridized carbons (Fsp3) is 0.579. The molecule has 0 aromatic heterocycles. The monoisotopic (exact) mass is 2060 g/mol. The van der Waals surface area contributed by atoms with Crippen LogP contribution in [0.15, 0.2) is 84.9 Å². The molecule has 6 aromatic rings. The Labute approximate surface area is 858 Å². The number of halogens is 8. The first-order valence-electron chi connectivity index (χ1n) is 49.0. The van der Waals surface area contributed by atoms with Crippen LogP contribution in [0, 0.1) is 62.8 Å². The molecule has 0 bridgehead atoms. The maximum atomic E-state index is 15.0. The molecule has 142 heavy (non-hydrogen) atoms. The number of benzene rings is 6. The summed E-state index contributed by atoms with van der Waals surface area (Å²) in [4.78, 5) is 129. The Kier molecular flexibility index (Phi) is 41.4. The van der Waals surface area contributed by atoms with E-state index in [2.05, 4.69) is 71.4 Å². The van der Waals surface area contributed by atoms with Gasteiger partial charge in [0.25, 0.3) is 0 Å². The first-order chi connectivity index (χ1) is 65.9. The van der Waals surface area contributed by atoms with Crippen molar-refractivity contribution in [3.63, 3.8) is 0 Å². The minimum absolute atomic E-state index is 0.0238. The third-order valence-corrected chi connectivity index (χ3v) is 27.6. The topological polar surface area (TPSA) is 282 Å². The molecule has 0 saturated carbocycles. The van der Waals surface area contributed by atoms with Crippen LogP contribution in [0.25, 0.3) is 0 Å². The van der Waals surface area contributed by atoms with Crippen molar-refractivity contribution in [2.45, 2.75) is 264 Å². The van der Waals surface area contributed by atoms with Crippen molar-refractivity contribution in [1.82, 2.24) is 50.7 Å². The average Bonchev–Trinajstić information content (AvgIpc) is 0.773. The molecular weight excluding hydrogens is 1910 g/mol. The smallest absolute Gasteiger partial charge is 0.410 e. The van der Waals surface area contributed by atoms with Gasteiger partial charge in [0.15, 0.2) is 0 Å². The molecule has 6 heterocycles. The van der Waals surface area contributed by atoms with Gasteiger partial charge in [-0.15, -0.1) is 0 Å². The van der Waals surface area contributed by atoms with Gasteiger partial charge in [-0.05, 0) is 277 Å². The zero-order chi connectivity index (χ0) is 106. The van der Waals surface area contributed by atoms with Crippen LogP contribution in [0.2, 0.25) is 20.1 Å². The Balaban J connectivity index is 0.000000221. The molecule has 6 aliphatic rings. The predicted molar refractivity (Wildman–Crippen MR) is 557 cm³/mol. The van der Waals surface area contributed by atoms with E-state index in [0.29, 0.717) is 163 Å². The number of ether oxygens (including phenoxy) is 3. The number of aliphatic carboxylic acids is 1. The Morgan fingerprint density at radius 2 is 0.577 bits per heavy atom. The minimum Gasteiger partial charge on any atom is -0.481 e. The van der Waals surface area contributed by atoms with Gasteiger partial charge in [0.05, 0.1) is 30.1 Å². The highest BCUT2D eigenvalue weighted by Gasteiger charge is 2.44. The number of piperidine rings is 2. The predicted octanol–water partition coefficient (Wildman–Crippen LogP) is 20.6. The molecular formula is C107H152Cl4F4N14O13. The Bertz CT molecular complexity index is 5130. The van der Waals surface area contributed by atoms with E-state index in [1.807, 2.05) is 192 Å². The lowest BCUT2D eigenvalue weighted by Gasteiger charge is -2.46. The van der Waals surface area contributed by atoms with Crippen molar-refractivity contribution < 1.29 is 80.0 Å². The largest absolute Gasteiger partial charge is 0.481 e. The number of carbonyl (C=O) groups is 9. The zero-order valence-corrected chi connectivity index (χ0v) is 91.1. The SMILES string of the molecule is CC(=O)NC(C)c1cc(C)c(Cl)cc1N1CCN(C(=O)OC(C)(C)C)CC1.CC(=O)NC(C)c1cc(C)c(Cl)cc1N1CCN(C(=O)[C@@H]2CCN(C(C)(C)C)C[C@H]2c2ccc(F)cc2F)CC1.CC(=O)N[C@@H](C)c1cc(C)c(Cl)cc1N1CCN(C(=O)OC(C)(C)C)CC1.CC(=O)N[C@H](C)c1cc(C)c(Cl)cc1N1CCN(C(=O)OC(C)(C)C)CC1.CC(C)(C)N1CC[C@@H](C(=O)O)[C@H](c2ccc(F)cc2F)C1. The first-order valence-corrected chi connectivity index (χ1v) is 50.5. The number of piperazine rings is 4. The van der Waals surface area contributed by atoms with Gasteiger partial charge in [0.1, 0.15) is 40.1 Å². The van der Waals surface area contributed by atoms with Crippen LogP contribution in [-0.2, 0) is 43.0 Å². The van der Waals surface area contributed by atoms with Gasteiger partial charge in [-0.3, -0.25) is 38.6 Å². The summed E-state index contributed by atoms with van der Waals surface area (Å²) in [6.45, 7) is 63.2. The number of likely N-dealkylation sites (tertiary alicyclic amines) is 2. The molecule has 0 radical (unpaired) electrons. The molecule has 8 atom stereocenters. The molecule has 5 N–H and O–H groups in total. The lowest BCUT2D eigenvalue weighted by Crippen LogP contribution is -2.55. The second-order valence-corrected chi connectivity index (χ2v) is 44.5. The number of aryl methyl sites for hydroxylation is 4. The van der Waals surface area contributed by atoms with Crippen molar-refractivity contribution in [2.75, 3.05) is 150 Å². The number of anilines is 4. The molecule has 8 amide bonds. The number of carboxylic acids is 1. The van der Waals surface area contributed by atoms with Crippen LogP contribution < -0.4 is 40.9 Å². The van der Waals surface area contributed by atoms with Gasteiger partial charge in [-0.2, -0.15) is 0 Å². The van der Waals surface area contributed by atoms with E-state index in [9.17, 15) is 65.8 Å². The highest BCUT2D eigenvalue weighted by atomic mass is 35.5. The second kappa shape index (κ2) is 50.2. The fourth-order valence-corrected chi connectivity index (χ4v) is 19.1. The van der Waals surface area contributed by atoms with Crippen LogP contribution in [0.1, 0.15) is 264 Å². The Morgan fingerprint density at radius 1 is 0.345 bits per heavy atom. The minimum atomic E-state index is -0.919. The van der Waals surface area contributed by atoms with Crippen LogP contribution in [-0.4, -0.2) is 247 Å². The lowest BCUT2D eigenvalue weighted by atomic mass is 9.78. The van der Waals surface area contributed by atoms with Crippen molar-refractivity contribution >= 4 is 123 Å².